The molecule has 102 valence electrons. The summed E-state index contributed by atoms with van der Waals surface area (Å²) in [7, 11) is 6.34. The lowest BCUT2D eigenvalue weighted by molar-refractivity contribution is 0.0859. The number of nitrogens with one attached hydrogen (secondary N) is 1. The van der Waals surface area contributed by atoms with E-state index in [9.17, 15) is 0 Å². The monoisotopic (exact) mass is 252 g/mol. The fraction of sp³-hybridized carbons (Fsp3) is 0.833. The van der Waals surface area contributed by atoms with E-state index in [0.29, 0.717) is 6.04 Å². The van der Waals surface area contributed by atoms with E-state index in [2.05, 4.69) is 46.4 Å². The molecule has 0 amide bonds. The molecule has 0 bridgehead atoms. The van der Waals surface area contributed by atoms with Crippen LogP contribution in [0.2, 0.25) is 0 Å². The number of hydrogen-bond acceptors (Lipinski definition) is 5. The molecule has 0 saturated carbocycles. The largest absolute Gasteiger partial charge is 0.308 e. The normalized spacial score (nSPS) is 24.3. The van der Waals surface area contributed by atoms with Gasteiger partial charge in [0.05, 0.1) is 17.9 Å². The van der Waals surface area contributed by atoms with E-state index in [0.717, 1.165) is 31.9 Å². The molecule has 2 rings (SSSR count). The number of nitrogens with zero attached hydrogens (tertiary/aromatic N) is 5. The molecule has 2 atom stereocenters. The zero-order valence-corrected chi connectivity index (χ0v) is 11.8. The molecule has 1 N–H and O–H groups in total. The highest BCUT2D eigenvalue weighted by molar-refractivity contribution is 5.07. The first-order chi connectivity index (χ1) is 8.63. The van der Waals surface area contributed by atoms with E-state index in [-0.39, 0.29) is 6.04 Å². The van der Waals surface area contributed by atoms with Crippen molar-refractivity contribution in [2.45, 2.75) is 19.0 Å². The summed E-state index contributed by atoms with van der Waals surface area (Å²) in [6.07, 6.45) is 1.87. The van der Waals surface area contributed by atoms with Gasteiger partial charge in [0.15, 0.2) is 0 Å². The van der Waals surface area contributed by atoms with Crippen molar-refractivity contribution in [1.82, 2.24) is 30.1 Å². The number of aromatic nitrogens is 3. The lowest BCUT2D eigenvalue weighted by atomic mass is 10.0. The van der Waals surface area contributed by atoms with Crippen LogP contribution in [0.15, 0.2) is 6.20 Å². The van der Waals surface area contributed by atoms with Crippen LogP contribution in [0, 0.1) is 0 Å². The molecule has 1 aromatic heterocycles. The molecule has 0 spiro atoms. The van der Waals surface area contributed by atoms with E-state index in [1.807, 2.05) is 17.9 Å². The highest BCUT2D eigenvalue weighted by Gasteiger charge is 2.32. The van der Waals surface area contributed by atoms with Gasteiger partial charge in [-0.2, -0.15) is 0 Å². The minimum atomic E-state index is 0.280. The van der Waals surface area contributed by atoms with Gasteiger partial charge in [0.2, 0.25) is 0 Å². The Morgan fingerprint density at radius 2 is 2.17 bits per heavy atom. The molecular weight excluding hydrogens is 228 g/mol. The smallest absolute Gasteiger partial charge is 0.0769 e. The second-order valence-corrected chi connectivity index (χ2v) is 5.13. The maximum absolute atomic E-state index is 4.05. The molecule has 6 nitrogen and oxygen atoms in total. The van der Waals surface area contributed by atoms with Gasteiger partial charge in [-0.25, -0.2) is 0 Å². The van der Waals surface area contributed by atoms with Crippen LogP contribution in [0.3, 0.4) is 0 Å². The van der Waals surface area contributed by atoms with Crippen LogP contribution in [0.5, 0.6) is 0 Å². The average Bonchev–Trinajstić information content (AvgIpc) is 2.76. The number of piperazine rings is 1. The van der Waals surface area contributed by atoms with Gasteiger partial charge in [0.25, 0.3) is 0 Å². The fourth-order valence-corrected chi connectivity index (χ4v) is 2.64. The second kappa shape index (κ2) is 5.77. The molecule has 1 aromatic rings. The molecule has 0 aliphatic carbocycles. The lowest BCUT2D eigenvalue weighted by Crippen LogP contribution is -2.55. The highest BCUT2D eigenvalue weighted by Crippen LogP contribution is 2.22. The van der Waals surface area contributed by atoms with Crippen molar-refractivity contribution in [2.75, 3.05) is 40.3 Å². The minimum Gasteiger partial charge on any atom is -0.308 e. The predicted molar refractivity (Wildman–Crippen MR) is 71.3 cm³/mol. The molecule has 2 heterocycles. The Balaban J connectivity index is 2.21. The SMILES string of the molecule is CCNC(c1cnnn1C)C1CN(C)CCN1C. The molecular formula is C12H24N6. The summed E-state index contributed by atoms with van der Waals surface area (Å²) in [4.78, 5) is 4.82. The molecule has 0 aromatic carbocycles. The van der Waals surface area contributed by atoms with Gasteiger partial charge in [-0.3, -0.25) is 9.58 Å². The number of aryl methyl sites for hydroxylation is 1. The number of likely N-dealkylation sites (N-methyl/N-ethyl adjacent to an activating group) is 3. The van der Waals surface area contributed by atoms with Crippen LogP contribution in [-0.4, -0.2) is 71.1 Å². The zero-order valence-electron chi connectivity index (χ0n) is 11.8. The van der Waals surface area contributed by atoms with E-state index >= 15 is 0 Å². The first-order valence-electron chi connectivity index (χ1n) is 6.60. The molecule has 1 aliphatic rings. The van der Waals surface area contributed by atoms with Crippen LogP contribution in [-0.2, 0) is 7.05 Å². The molecule has 0 radical (unpaired) electrons. The summed E-state index contributed by atoms with van der Waals surface area (Å²) in [6.45, 7) is 6.40. The van der Waals surface area contributed by atoms with Gasteiger partial charge < -0.3 is 10.2 Å². The first-order valence-corrected chi connectivity index (χ1v) is 6.60. The van der Waals surface area contributed by atoms with Crippen molar-refractivity contribution < 1.29 is 0 Å². The van der Waals surface area contributed by atoms with E-state index in [4.69, 9.17) is 0 Å². The third-order valence-electron chi connectivity index (χ3n) is 3.78. The summed E-state index contributed by atoms with van der Waals surface area (Å²) >= 11 is 0. The number of hydrogen-bond donors (Lipinski definition) is 1. The quantitative estimate of drug-likeness (QED) is 0.798. The molecule has 1 fully saturated rings. The summed E-state index contributed by atoms with van der Waals surface area (Å²) in [5, 5.41) is 11.6. The molecule has 1 aliphatic heterocycles. The van der Waals surface area contributed by atoms with Crippen LogP contribution < -0.4 is 5.32 Å². The van der Waals surface area contributed by atoms with Crippen molar-refractivity contribution in [3.8, 4) is 0 Å². The Bertz CT molecular complexity index is 376. The Hall–Kier alpha value is -0.980. The molecule has 2 unspecified atom stereocenters. The van der Waals surface area contributed by atoms with Crippen molar-refractivity contribution in [3.05, 3.63) is 11.9 Å². The van der Waals surface area contributed by atoms with Crippen molar-refractivity contribution in [3.63, 3.8) is 0 Å². The van der Waals surface area contributed by atoms with E-state index < -0.39 is 0 Å². The van der Waals surface area contributed by atoms with Crippen molar-refractivity contribution in [2.24, 2.45) is 7.05 Å². The maximum Gasteiger partial charge on any atom is 0.0769 e. The van der Waals surface area contributed by atoms with Crippen molar-refractivity contribution in [1.29, 1.82) is 0 Å². The average molecular weight is 252 g/mol. The number of rotatable bonds is 4. The topological polar surface area (TPSA) is 49.2 Å². The summed E-state index contributed by atoms with van der Waals surface area (Å²) in [6, 6.07) is 0.739. The Morgan fingerprint density at radius 1 is 1.39 bits per heavy atom. The predicted octanol–water partition coefficient (Wildman–Crippen LogP) is -0.288. The van der Waals surface area contributed by atoms with Crippen LogP contribution in [0.25, 0.3) is 0 Å². The Morgan fingerprint density at radius 3 is 2.78 bits per heavy atom. The van der Waals surface area contributed by atoms with Gasteiger partial charge >= 0.3 is 0 Å². The zero-order chi connectivity index (χ0) is 13.1. The molecule has 18 heavy (non-hydrogen) atoms. The molecule has 6 heteroatoms. The molecule has 1 saturated heterocycles. The second-order valence-electron chi connectivity index (χ2n) is 5.13. The van der Waals surface area contributed by atoms with Gasteiger partial charge in [-0.15, -0.1) is 5.10 Å². The first kappa shape index (κ1) is 13.5. The third-order valence-corrected chi connectivity index (χ3v) is 3.78. The Labute approximate surface area is 109 Å². The Kier molecular flexibility index (Phi) is 4.31. The van der Waals surface area contributed by atoms with Gasteiger partial charge in [0.1, 0.15) is 0 Å². The van der Waals surface area contributed by atoms with E-state index in [1.165, 1.54) is 0 Å². The third kappa shape index (κ3) is 2.71. The van der Waals surface area contributed by atoms with Gasteiger partial charge in [-0.1, -0.05) is 12.1 Å². The van der Waals surface area contributed by atoms with Crippen LogP contribution >= 0.6 is 0 Å². The van der Waals surface area contributed by atoms with Gasteiger partial charge in [-0.05, 0) is 20.6 Å². The van der Waals surface area contributed by atoms with E-state index in [1.54, 1.807) is 0 Å². The standard InChI is InChI=1S/C12H24N6/c1-5-13-12(10-8-14-15-18(10)4)11-9-16(2)6-7-17(11)3/h8,11-13H,5-7,9H2,1-4H3. The summed E-state index contributed by atoms with van der Waals surface area (Å²) < 4.78 is 1.87. The fourth-order valence-electron chi connectivity index (χ4n) is 2.64. The highest BCUT2D eigenvalue weighted by atomic mass is 15.4. The lowest BCUT2D eigenvalue weighted by Gasteiger charge is -2.42. The van der Waals surface area contributed by atoms with Crippen LogP contribution in [0.1, 0.15) is 18.7 Å². The minimum absolute atomic E-state index is 0.280. The summed E-state index contributed by atoms with van der Waals surface area (Å²) in [5.41, 5.74) is 1.16. The van der Waals surface area contributed by atoms with Crippen LogP contribution in [0.4, 0.5) is 0 Å². The van der Waals surface area contributed by atoms with Gasteiger partial charge in [0, 0.05) is 32.7 Å². The summed E-state index contributed by atoms with van der Waals surface area (Å²) in [5.74, 6) is 0. The van der Waals surface area contributed by atoms with Crippen molar-refractivity contribution >= 4 is 0 Å². The maximum atomic E-state index is 4.05.